The third kappa shape index (κ3) is 5.79. The first kappa shape index (κ1) is 8.92. The van der Waals surface area contributed by atoms with E-state index in [1.807, 2.05) is 6.92 Å². The molecule has 0 aliphatic rings. The second-order valence-electron chi connectivity index (χ2n) is 3.03. The largest absolute Gasteiger partial charge is 0.406 e. The van der Waals surface area contributed by atoms with Gasteiger partial charge in [0.25, 0.3) is 0 Å². The molecule has 0 N–H and O–H groups in total. The van der Waals surface area contributed by atoms with Crippen molar-refractivity contribution in [2.45, 2.75) is 26.6 Å². The van der Waals surface area contributed by atoms with Gasteiger partial charge in [-0.05, 0) is 26.6 Å². The highest BCUT2D eigenvalue weighted by atomic mass is 28.4. The van der Waals surface area contributed by atoms with Gasteiger partial charge in [-0.15, -0.1) is 6.58 Å². The van der Waals surface area contributed by atoms with Crippen LogP contribution in [0.4, 0.5) is 0 Å². The molecule has 0 fully saturated rings. The summed E-state index contributed by atoms with van der Waals surface area (Å²) < 4.78 is 5.52. The van der Waals surface area contributed by atoms with Crippen molar-refractivity contribution in [2.24, 2.45) is 0 Å². The minimum atomic E-state index is -1.35. The lowest BCUT2D eigenvalue weighted by Crippen LogP contribution is -2.26. The van der Waals surface area contributed by atoms with Crippen molar-refractivity contribution in [3.63, 3.8) is 0 Å². The van der Waals surface area contributed by atoms with Crippen molar-refractivity contribution in [3.05, 3.63) is 18.8 Å². The smallest absolute Gasteiger partial charge is 0.185 e. The molecule has 0 aliphatic carbocycles. The van der Waals surface area contributed by atoms with E-state index in [9.17, 15) is 0 Å². The molecule has 0 rings (SSSR count). The van der Waals surface area contributed by atoms with Crippen LogP contribution < -0.4 is 0 Å². The van der Waals surface area contributed by atoms with Crippen LogP contribution in [0.3, 0.4) is 0 Å². The Hall–Kier alpha value is -0.0831. The summed E-state index contributed by atoms with van der Waals surface area (Å²) in [5.74, 6) is 0. The van der Waals surface area contributed by atoms with Gasteiger partial charge in [0.1, 0.15) is 6.10 Å². The molecule has 1 radical (unpaired) electrons. The van der Waals surface area contributed by atoms with Gasteiger partial charge in [0.15, 0.2) is 8.32 Å². The van der Waals surface area contributed by atoms with Crippen LogP contribution in [0.15, 0.2) is 12.7 Å². The van der Waals surface area contributed by atoms with Crippen LogP contribution in [0.1, 0.15) is 6.92 Å². The third-order valence-electron chi connectivity index (χ3n) is 0.755. The summed E-state index contributed by atoms with van der Waals surface area (Å²) in [6.45, 7) is 12.0. The van der Waals surface area contributed by atoms with Crippen LogP contribution in [-0.2, 0) is 4.43 Å². The molecule has 0 saturated heterocycles. The second kappa shape index (κ2) is 3.18. The minimum absolute atomic E-state index is 0.939. The molecule has 0 bridgehead atoms. The summed E-state index contributed by atoms with van der Waals surface area (Å²) in [5, 5.41) is 0. The zero-order valence-electron chi connectivity index (χ0n) is 6.69. The molecular formula is C7H15OSi. The Morgan fingerprint density at radius 1 is 1.44 bits per heavy atom. The predicted octanol–water partition coefficient (Wildman–Crippen LogP) is 2.58. The average Bonchev–Trinajstić information content (AvgIpc) is 1.62. The van der Waals surface area contributed by atoms with Crippen LogP contribution >= 0.6 is 0 Å². The zero-order chi connectivity index (χ0) is 7.49. The standard InChI is InChI=1S/C7H15OSi/c1-6-7(2)8-9(3,4)5/h6H,1H2,2-5H3. The average molecular weight is 143 g/mol. The maximum Gasteiger partial charge on any atom is 0.185 e. The van der Waals surface area contributed by atoms with Crippen molar-refractivity contribution >= 4 is 8.32 Å². The molecule has 53 valence electrons. The van der Waals surface area contributed by atoms with E-state index in [1.54, 1.807) is 6.08 Å². The van der Waals surface area contributed by atoms with Crippen LogP contribution in [0.5, 0.6) is 0 Å². The molecule has 0 atom stereocenters. The van der Waals surface area contributed by atoms with E-state index >= 15 is 0 Å². The molecule has 0 amide bonds. The molecule has 1 nitrogen and oxygen atoms in total. The lowest BCUT2D eigenvalue weighted by molar-refractivity contribution is 0.362. The quantitative estimate of drug-likeness (QED) is 0.552. The topological polar surface area (TPSA) is 9.23 Å². The zero-order valence-corrected chi connectivity index (χ0v) is 7.69. The van der Waals surface area contributed by atoms with Gasteiger partial charge in [-0.1, -0.05) is 6.08 Å². The number of hydrogen-bond donors (Lipinski definition) is 0. The summed E-state index contributed by atoms with van der Waals surface area (Å²) in [4.78, 5) is 0. The van der Waals surface area contributed by atoms with Crippen molar-refractivity contribution in [3.8, 4) is 0 Å². The Balaban J connectivity index is 3.59. The Labute approximate surface area is 58.9 Å². The minimum Gasteiger partial charge on any atom is -0.406 e. The molecule has 0 aromatic heterocycles. The Kier molecular flexibility index (Phi) is 3.15. The maximum absolute atomic E-state index is 5.52. The summed E-state index contributed by atoms with van der Waals surface area (Å²) >= 11 is 0. The van der Waals surface area contributed by atoms with E-state index in [1.165, 1.54) is 0 Å². The van der Waals surface area contributed by atoms with Crippen LogP contribution in [0, 0.1) is 6.10 Å². The molecule has 0 aromatic rings. The van der Waals surface area contributed by atoms with Crippen molar-refractivity contribution < 1.29 is 4.43 Å². The fourth-order valence-corrected chi connectivity index (χ4v) is 1.57. The summed E-state index contributed by atoms with van der Waals surface area (Å²) in [6.07, 6.45) is 2.69. The van der Waals surface area contributed by atoms with Gasteiger partial charge in [0, 0.05) is 0 Å². The molecule has 9 heavy (non-hydrogen) atoms. The van der Waals surface area contributed by atoms with Crippen LogP contribution in [0.25, 0.3) is 0 Å². The van der Waals surface area contributed by atoms with Crippen LogP contribution in [-0.4, -0.2) is 8.32 Å². The number of rotatable bonds is 3. The molecule has 0 heterocycles. The van der Waals surface area contributed by atoms with E-state index in [2.05, 4.69) is 26.2 Å². The first-order chi connectivity index (χ1) is 3.95. The summed E-state index contributed by atoms with van der Waals surface area (Å²) in [5.41, 5.74) is 0. The second-order valence-corrected chi connectivity index (χ2v) is 7.46. The first-order valence-corrected chi connectivity index (χ1v) is 6.51. The van der Waals surface area contributed by atoms with Crippen molar-refractivity contribution in [1.82, 2.24) is 0 Å². The SMILES string of the molecule is C=C[C](C)O[Si](C)(C)C. The van der Waals surface area contributed by atoms with Gasteiger partial charge in [0.2, 0.25) is 0 Å². The molecule has 0 saturated carbocycles. The highest BCUT2D eigenvalue weighted by Gasteiger charge is 2.16. The van der Waals surface area contributed by atoms with Crippen molar-refractivity contribution in [1.29, 1.82) is 0 Å². The molecule has 0 spiro atoms. The fraction of sp³-hybridized carbons (Fsp3) is 0.571. The monoisotopic (exact) mass is 143 g/mol. The van der Waals surface area contributed by atoms with E-state index in [4.69, 9.17) is 4.43 Å². The van der Waals surface area contributed by atoms with Crippen molar-refractivity contribution in [2.75, 3.05) is 0 Å². The van der Waals surface area contributed by atoms with Gasteiger partial charge in [0.05, 0.1) is 0 Å². The highest BCUT2D eigenvalue weighted by molar-refractivity contribution is 6.69. The van der Waals surface area contributed by atoms with Crippen LogP contribution in [0.2, 0.25) is 19.6 Å². The van der Waals surface area contributed by atoms with Gasteiger partial charge in [-0.25, -0.2) is 0 Å². The van der Waals surface area contributed by atoms with Gasteiger partial charge >= 0.3 is 0 Å². The van der Waals surface area contributed by atoms with E-state index < -0.39 is 8.32 Å². The van der Waals surface area contributed by atoms with Gasteiger partial charge in [-0.2, -0.15) is 0 Å². The highest BCUT2D eigenvalue weighted by Crippen LogP contribution is 2.11. The molecule has 0 aromatic carbocycles. The fourth-order valence-electron chi connectivity index (χ4n) is 0.525. The van der Waals surface area contributed by atoms with Gasteiger partial charge < -0.3 is 4.43 Å². The summed E-state index contributed by atoms with van der Waals surface area (Å²) in [7, 11) is -1.35. The van der Waals surface area contributed by atoms with Gasteiger partial charge in [-0.3, -0.25) is 0 Å². The maximum atomic E-state index is 5.52. The Bertz CT molecular complexity index is 93.6. The van der Waals surface area contributed by atoms with E-state index in [0.29, 0.717) is 0 Å². The van der Waals surface area contributed by atoms with E-state index in [0.717, 1.165) is 6.10 Å². The number of hydrogen-bond acceptors (Lipinski definition) is 1. The first-order valence-electron chi connectivity index (χ1n) is 3.11. The Morgan fingerprint density at radius 3 is 2.00 bits per heavy atom. The molecule has 2 heteroatoms. The normalized spacial score (nSPS) is 12.1. The van der Waals surface area contributed by atoms with E-state index in [-0.39, 0.29) is 0 Å². The Morgan fingerprint density at radius 2 is 1.89 bits per heavy atom. The predicted molar refractivity (Wildman–Crippen MR) is 43.5 cm³/mol. The lowest BCUT2D eigenvalue weighted by Gasteiger charge is -2.19. The molecular weight excluding hydrogens is 128 g/mol. The summed E-state index contributed by atoms with van der Waals surface area (Å²) in [6, 6.07) is 0. The molecule has 0 unspecified atom stereocenters. The third-order valence-corrected chi connectivity index (χ3v) is 1.69. The lowest BCUT2D eigenvalue weighted by atomic mass is 10.4. The molecule has 0 aliphatic heterocycles.